The second-order valence-corrected chi connectivity index (χ2v) is 6.50. The number of fused-ring (bicyclic) bond motifs is 1. The number of nitrogens with one attached hydrogen (secondary N) is 2. The van der Waals surface area contributed by atoms with Gasteiger partial charge in [0.1, 0.15) is 35.3 Å². The third-order valence-corrected chi connectivity index (χ3v) is 4.25. The summed E-state index contributed by atoms with van der Waals surface area (Å²) in [6, 6.07) is 6.03. The van der Waals surface area contributed by atoms with Crippen LogP contribution in [0, 0.1) is 11.6 Å². The van der Waals surface area contributed by atoms with E-state index in [1.807, 2.05) is 26.0 Å². The van der Waals surface area contributed by atoms with Crippen molar-refractivity contribution in [2.45, 2.75) is 39.3 Å². The lowest BCUT2D eigenvalue weighted by molar-refractivity contribution is -0.116. The fourth-order valence-corrected chi connectivity index (χ4v) is 2.96. The van der Waals surface area contributed by atoms with Gasteiger partial charge in [-0.1, -0.05) is 0 Å². The average molecular weight is 376 g/mol. The molecule has 0 spiro atoms. The van der Waals surface area contributed by atoms with E-state index in [4.69, 9.17) is 9.47 Å². The Kier molecular flexibility index (Phi) is 5.48. The Morgan fingerprint density at radius 3 is 2.78 bits per heavy atom. The van der Waals surface area contributed by atoms with Crippen LogP contribution in [0.4, 0.5) is 20.2 Å². The molecule has 0 aliphatic carbocycles. The summed E-state index contributed by atoms with van der Waals surface area (Å²) in [6.45, 7) is 5.98. The number of amides is 1. The minimum absolute atomic E-state index is 0.0776. The first kappa shape index (κ1) is 18.9. The fourth-order valence-electron chi connectivity index (χ4n) is 2.96. The quantitative estimate of drug-likeness (QED) is 0.796. The minimum atomic E-state index is -0.828. The summed E-state index contributed by atoms with van der Waals surface area (Å²) in [6.07, 6.45) is 0.891. The van der Waals surface area contributed by atoms with Crippen molar-refractivity contribution < 1.29 is 23.0 Å². The van der Waals surface area contributed by atoms with Gasteiger partial charge in [0, 0.05) is 24.1 Å². The molecule has 2 aromatic carbocycles. The number of halogens is 2. The lowest BCUT2D eigenvalue weighted by atomic mass is 10.1. The minimum Gasteiger partial charge on any atom is -0.492 e. The Hall–Kier alpha value is -2.83. The second kappa shape index (κ2) is 7.82. The van der Waals surface area contributed by atoms with Crippen LogP contribution >= 0.6 is 0 Å². The molecule has 2 N–H and O–H groups in total. The van der Waals surface area contributed by atoms with Crippen LogP contribution in [0.15, 0.2) is 30.3 Å². The molecule has 2 atom stereocenters. The highest BCUT2D eigenvalue weighted by Gasteiger charge is 2.23. The molecule has 3 rings (SSSR count). The molecule has 144 valence electrons. The van der Waals surface area contributed by atoms with Crippen LogP contribution < -0.4 is 20.1 Å². The van der Waals surface area contributed by atoms with Gasteiger partial charge in [-0.25, -0.2) is 8.78 Å². The lowest BCUT2D eigenvalue weighted by Gasteiger charge is -2.19. The largest absolute Gasteiger partial charge is 0.492 e. The molecule has 0 fully saturated rings. The van der Waals surface area contributed by atoms with Crippen LogP contribution in [0.3, 0.4) is 0 Å². The average Bonchev–Trinajstić information content (AvgIpc) is 2.96. The molecule has 27 heavy (non-hydrogen) atoms. The molecule has 0 bridgehead atoms. The molecule has 1 aliphatic rings. The summed E-state index contributed by atoms with van der Waals surface area (Å²) < 4.78 is 38.2. The number of rotatable bonds is 6. The molecule has 0 aromatic heterocycles. The molecular formula is C20H22F2N2O3. The van der Waals surface area contributed by atoms with Gasteiger partial charge in [0.15, 0.2) is 0 Å². The number of hydrogen-bond donors (Lipinski definition) is 2. The van der Waals surface area contributed by atoms with E-state index >= 15 is 0 Å². The van der Waals surface area contributed by atoms with Gasteiger partial charge >= 0.3 is 0 Å². The van der Waals surface area contributed by atoms with E-state index in [0.29, 0.717) is 18.0 Å². The highest BCUT2D eigenvalue weighted by Crippen LogP contribution is 2.38. The number of ether oxygens (including phenoxy) is 2. The van der Waals surface area contributed by atoms with Crippen LogP contribution in [0.25, 0.3) is 0 Å². The normalized spacial score (nSPS) is 16.3. The number of carbonyl (C=O) groups is 1. The second-order valence-electron chi connectivity index (χ2n) is 6.50. The monoisotopic (exact) mass is 376 g/mol. The zero-order valence-corrected chi connectivity index (χ0v) is 15.4. The first-order valence-corrected chi connectivity index (χ1v) is 8.86. The maximum atomic E-state index is 13.7. The number of anilines is 2. The fraction of sp³-hybridized carbons (Fsp3) is 0.350. The summed E-state index contributed by atoms with van der Waals surface area (Å²) in [4.78, 5) is 12.4. The van der Waals surface area contributed by atoms with Crippen LogP contribution in [0.1, 0.15) is 26.3 Å². The van der Waals surface area contributed by atoms with Gasteiger partial charge in [-0.15, -0.1) is 0 Å². The van der Waals surface area contributed by atoms with E-state index in [2.05, 4.69) is 10.6 Å². The van der Waals surface area contributed by atoms with E-state index in [-0.39, 0.29) is 11.8 Å². The lowest BCUT2D eigenvalue weighted by Crippen LogP contribution is -2.32. The molecular weight excluding hydrogens is 354 g/mol. The smallest absolute Gasteiger partial charge is 0.246 e. The number of hydrogen-bond acceptors (Lipinski definition) is 4. The Morgan fingerprint density at radius 2 is 2.07 bits per heavy atom. The molecule has 1 aliphatic heterocycles. The maximum absolute atomic E-state index is 13.7. The van der Waals surface area contributed by atoms with Crippen molar-refractivity contribution in [3.63, 3.8) is 0 Å². The summed E-state index contributed by atoms with van der Waals surface area (Å²) >= 11 is 0. The van der Waals surface area contributed by atoms with Gasteiger partial charge in [0.05, 0.1) is 18.0 Å². The Labute approximate surface area is 156 Å². The van der Waals surface area contributed by atoms with Gasteiger partial charge in [-0.2, -0.15) is 0 Å². The standard InChI is InChI=1S/C20H22F2N2O3/c1-4-26-19-8-13-7-11(2)27-18(13)10-17(19)23-12(3)20(25)24-16-6-5-14(21)9-15(16)22/h5-6,8-12,23H,4,7H2,1-3H3,(H,24,25)/t11-,12+/m0/s1. The maximum Gasteiger partial charge on any atom is 0.246 e. The summed E-state index contributed by atoms with van der Waals surface area (Å²) in [5.41, 5.74) is 1.60. The summed E-state index contributed by atoms with van der Waals surface area (Å²) in [5.74, 6) is -0.610. The van der Waals surface area contributed by atoms with E-state index in [1.165, 1.54) is 6.07 Å². The summed E-state index contributed by atoms with van der Waals surface area (Å²) in [5, 5.41) is 5.53. The van der Waals surface area contributed by atoms with Crippen LogP contribution in [0.2, 0.25) is 0 Å². The molecule has 1 heterocycles. The predicted octanol–water partition coefficient (Wildman–Crippen LogP) is 4.13. The van der Waals surface area contributed by atoms with Crippen molar-refractivity contribution >= 4 is 17.3 Å². The van der Waals surface area contributed by atoms with Crippen molar-refractivity contribution in [3.8, 4) is 11.5 Å². The third-order valence-electron chi connectivity index (χ3n) is 4.25. The van der Waals surface area contributed by atoms with Crippen molar-refractivity contribution in [1.29, 1.82) is 0 Å². The Bertz CT molecular complexity index is 857. The Balaban J connectivity index is 1.75. The molecule has 1 amide bonds. The molecule has 0 unspecified atom stereocenters. The molecule has 0 saturated carbocycles. The van der Waals surface area contributed by atoms with Crippen molar-refractivity contribution in [3.05, 3.63) is 47.5 Å². The molecule has 2 aromatic rings. The first-order valence-electron chi connectivity index (χ1n) is 8.86. The van der Waals surface area contributed by atoms with E-state index in [1.54, 1.807) is 6.92 Å². The Morgan fingerprint density at radius 1 is 1.30 bits per heavy atom. The van der Waals surface area contributed by atoms with Gasteiger partial charge < -0.3 is 20.1 Å². The van der Waals surface area contributed by atoms with Crippen LogP contribution in [0.5, 0.6) is 11.5 Å². The van der Waals surface area contributed by atoms with Gasteiger partial charge in [-0.05, 0) is 39.0 Å². The highest BCUT2D eigenvalue weighted by atomic mass is 19.1. The molecule has 0 saturated heterocycles. The van der Waals surface area contributed by atoms with Crippen molar-refractivity contribution in [1.82, 2.24) is 0 Å². The third kappa shape index (κ3) is 4.30. The number of carbonyl (C=O) groups excluding carboxylic acids is 1. The van der Waals surface area contributed by atoms with Crippen LogP contribution in [-0.4, -0.2) is 24.7 Å². The zero-order valence-electron chi connectivity index (χ0n) is 15.4. The van der Waals surface area contributed by atoms with Gasteiger partial charge in [-0.3, -0.25) is 4.79 Å². The predicted molar refractivity (Wildman–Crippen MR) is 99.5 cm³/mol. The highest BCUT2D eigenvalue weighted by molar-refractivity contribution is 5.96. The molecule has 0 radical (unpaired) electrons. The first-order chi connectivity index (χ1) is 12.9. The topological polar surface area (TPSA) is 59.6 Å². The van der Waals surface area contributed by atoms with E-state index in [9.17, 15) is 13.6 Å². The van der Waals surface area contributed by atoms with E-state index in [0.717, 1.165) is 29.9 Å². The van der Waals surface area contributed by atoms with Crippen LogP contribution in [-0.2, 0) is 11.2 Å². The van der Waals surface area contributed by atoms with Crippen molar-refractivity contribution in [2.24, 2.45) is 0 Å². The number of benzene rings is 2. The van der Waals surface area contributed by atoms with Gasteiger partial charge in [0.25, 0.3) is 0 Å². The molecule has 7 heteroatoms. The molecule has 5 nitrogen and oxygen atoms in total. The zero-order chi connectivity index (χ0) is 19.6. The van der Waals surface area contributed by atoms with Gasteiger partial charge in [0.2, 0.25) is 5.91 Å². The van der Waals surface area contributed by atoms with Crippen molar-refractivity contribution in [2.75, 3.05) is 17.2 Å². The summed E-state index contributed by atoms with van der Waals surface area (Å²) in [7, 11) is 0. The SMILES string of the molecule is CCOc1cc2c(cc1N[C@H](C)C(=O)Nc1ccc(F)cc1F)O[C@@H](C)C2. The van der Waals surface area contributed by atoms with E-state index < -0.39 is 23.6 Å².